The number of sulfonamides is 1. The lowest BCUT2D eigenvalue weighted by Crippen LogP contribution is -2.27. The van der Waals surface area contributed by atoms with E-state index in [-0.39, 0.29) is 6.04 Å². The summed E-state index contributed by atoms with van der Waals surface area (Å²) in [6.45, 7) is 1.77. The second-order valence-corrected chi connectivity index (χ2v) is 6.28. The smallest absolute Gasteiger partial charge is 0.211 e. The van der Waals surface area contributed by atoms with Gasteiger partial charge in [0.2, 0.25) is 10.0 Å². The lowest BCUT2D eigenvalue weighted by Gasteiger charge is -2.14. The maximum absolute atomic E-state index is 11.2. The van der Waals surface area contributed by atoms with Crippen LogP contribution in [0.25, 0.3) is 0 Å². The Morgan fingerprint density at radius 1 is 1.47 bits per heavy atom. The first-order chi connectivity index (χ1) is 6.96. The predicted octanol–water partition coefficient (Wildman–Crippen LogP) is 2.63. The fraction of sp³-hybridized carbons (Fsp3) is 0.333. The van der Waals surface area contributed by atoms with Gasteiger partial charge >= 0.3 is 0 Å². The van der Waals surface area contributed by atoms with Gasteiger partial charge in [0.25, 0.3) is 0 Å². The highest BCUT2D eigenvalue weighted by atomic mass is 79.9. The van der Waals surface area contributed by atoms with E-state index in [0.29, 0.717) is 0 Å². The lowest BCUT2D eigenvalue weighted by molar-refractivity contribution is 0.571. The van der Waals surface area contributed by atoms with Crippen LogP contribution in [-0.4, -0.2) is 13.6 Å². The first-order valence-electron chi connectivity index (χ1n) is 4.26. The van der Waals surface area contributed by atoms with E-state index in [4.69, 9.17) is 11.6 Å². The van der Waals surface area contributed by atoms with Crippen molar-refractivity contribution < 1.29 is 8.42 Å². The van der Waals surface area contributed by atoms with Crippen LogP contribution >= 0.6 is 27.5 Å². The maximum atomic E-state index is 11.2. The highest BCUT2D eigenvalue weighted by Gasteiger charge is 2.15. The summed E-state index contributed by atoms with van der Waals surface area (Å²) in [5, 5.41) is -0.429. The van der Waals surface area contributed by atoms with Crippen molar-refractivity contribution >= 4 is 37.6 Å². The zero-order chi connectivity index (χ0) is 11.5. The van der Waals surface area contributed by atoms with E-state index in [9.17, 15) is 8.42 Å². The van der Waals surface area contributed by atoms with Gasteiger partial charge < -0.3 is 0 Å². The number of alkyl halides is 1. The van der Waals surface area contributed by atoms with Gasteiger partial charge in [-0.1, -0.05) is 34.1 Å². The monoisotopic (exact) mass is 311 g/mol. The highest BCUT2D eigenvalue weighted by molar-refractivity contribution is 9.10. The molecule has 0 aliphatic carbocycles. The van der Waals surface area contributed by atoms with Gasteiger partial charge in [-0.2, -0.15) is 0 Å². The maximum Gasteiger partial charge on any atom is 0.226 e. The van der Waals surface area contributed by atoms with Crippen LogP contribution in [0.4, 0.5) is 0 Å². The molecular formula is C9H11BrClNO2S. The third-order valence-corrected chi connectivity index (χ3v) is 4.46. The van der Waals surface area contributed by atoms with Crippen LogP contribution < -0.4 is 4.72 Å². The first-order valence-corrected chi connectivity index (χ1v) is 7.24. The second-order valence-electron chi connectivity index (χ2n) is 3.08. The van der Waals surface area contributed by atoms with Crippen LogP contribution in [0.15, 0.2) is 28.7 Å². The van der Waals surface area contributed by atoms with E-state index in [1.165, 1.54) is 0 Å². The molecule has 1 N–H and O–H groups in total. The number of hydrogen-bond acceptors (Lipinski definition) is 2. The molecule has 0 saturated heterocycles. The normalized spacial score (nSPS) is 13.8. The average Bonchev–Trinajstić information content (AvgIpc) is 2.17. The molecule has 0 spiro atoms. The number of benzene rings is 1. The topological polar surface area (TPSA) is 46.2 Å². The molecule has 0 radical (unpaired) electrons. The molecule has 0 unspecified atom stereocenters. The molecule has 6 heteroatoms. The number of rotatable bonds is 4. The van der Waals surface area contributed by atoms with Crippen molar-refractivity contribution in [2.75, 3.05) is 5.21 Å². The third kappa shape index (κ3) is 3.75. The molecule has 0 bridgehead atoms. The van der Waals surface area contributed by atoms with Crippen LogP contribution in [0, 0.1) is 0 Å². The summed E-state index contributed by atoms with van der Waals surface area (Å²) in [6, 6.07) is 7.14. The van der Waals surface area contributed by atoms with Gasteiger partial charge in [0.1, 0.15) is 5.21 Å². The summed E-state index contributed by atoms with van der Waals surface area (Å²) in [5.41, 5.74) is 0.881. The Bertz CT molecular complexity index is 435. The molecule has 1 atom stereocenters. The predicted molar refractivity (Wildman–Crippen MR) is 65.3 cm³/mol. The van der Waals surface area contributed by atoms with Gasteiger partial charge in [-0.05, 0) is 18.6 Å². The molecule has 1 aromatic carbocycles. The van der Waals surface area contributed by atoms with Gasteiger partial charge in [-0.3, -0.25) is 0 Å². The zero-order valence-corrected chi connectivity index (χ0v) is 11.2. The Morgan fingerprint density at radius 2 is 2.07 bits per heavy atom. The van der Waals surface area contributed by atoms with Crippen molar-refractivity contribution in [2.24, 2.45) is 0 Å². The number of nitrogens with one attached hydrogen (secondary N) is 1. The Morgan fingerprint density at radius 3 is 2.60 bits per heavy atom. The van der Waals surface area contributed by atoms with E-state index in [0.717, 1.165) is 10.0 Å². The highest BCUT2D eigenvalue weighted by Crippen LogP contribution is 2.23. The summed E-state index contributed by atoms with van der Waals surface area (Å²) < 4.78 is 25.8. The van der Waals surface area contributed by atoms with Crippen molar-refractivity contribution in [1.82, 2.24) is 4.72 Å². The molecule has 1 aromatic rings. The number of hydrogen-bond donors (Lipinski definition) is 1. The van der Waals surface area contributed by atoms with Crippen molar-refractivity contribution in [3.63, 3.8) is 0 Å². The Balaban J connectivity index is 2.87. The molecule has 1 rings (SSSR count). The quantitative estimate of drug-likeness (QED) is 0.869. The summed E-state index contributed by atoms with van der Waals surface area (Å²) in [5.74, 6) is 0. The fourth-order valence-electron chi connectivity index (χ4n) is 1.19. The summed E-state index contributed by atoms with van der Waals surface area (Å²) >= 11 is 8.66. The van der Waals surface area contributed by atoms with Crippen LogP contribution in [0.2, 0.25) is 0 Å². The Hall–Kier alpha value is -0.100. The third-order valence-electron chi connectivity index (χ3n) is 1.87. The minimum absolute atomic E-state index is 0.302. The molecule has 0 amide bonds. The van der Waals surface area contributed by atoms with Crippen LogP contribution in [0.3, 0.4) is 0 Å². The van der Waals surface area contributed by atoms with Gasteiger partial charge in [-0.25, -0.2) is 13.1 Å². The van der Waals surface area contributed by atoms with Gasteiger partial charge in [0.05, 0.1) is 0 Å². The first kappa shape index (κ1) is 13.0. The summed E-state index contributed by atoms with van der Waals surface area (Å²) in [7, 11) is -3.39. The molecule has 0 aromatic heterocycles. The van der Waals surface area contributed by atoms with Crippen LogP contribution in [0.1, 0.15) is 18.5 Å². The van der Waals surface area contributed by atoms with E-state index >= 15 is 0 Å². The van der Waals surface area contributed by atoms with Crippen LogP contribution in [-0.2, 0) is 10.0 Å². The van der Waals surface area contributed by atoms with Gasteiger partial charge in [0, 0.05) is 10.5 Å². The van der Waals surface area contributed by atoms with Crippen LogP contribution in [0.5, 0.6) is 0 Å². The van der Waals surface area contributed by atoms with Crippen molar-refractivity contribution in [3.8, 4) is 0 Å². The van der Waals surface area contributed by atoms with Crippen molar-refractivity contribution in [3.05, 3.63) is 34.3 Å². The Kier molecular flexibility index (Phi) is 4.58. The molecular weight excluding hydrogens is 302 g/mol. The molecule has 84 valence electrons. The van der Waals surface area contributed by atoms with Crippen molar-refractivity contribution in [2.45, 2.75) is 13.0 Å². The van der Waals surface area contributed by atoms with Crippen molar-refractivity contribution in [1.29, 1.82) is 0 Å². The molecule has 3 nitrogen and oxygen atoms in total. The Labute approximate surface area is 103 Å². The van der Waals surface area contributed by atoms with Gasteiger partial charge in [-0.15, -0.1) is 11.6 Å². The average molecular weight is 313 g/mol. The zero-order valence-electron chi connectivity index (χ0n) is 8.07. The molecule has 0 aliphatic heterocycles. The van der Waals surface area contributed by atoms with Gasteiger partial charge in [0.15, 0.2) is 0 Å². The molecule has 0 saturated carbocycles. The molecule has 0 heterocycles. The van der Waals surface area contributed by atoms with E-state index in [1.54, 1.807) is 6.92 Å². The van der Waals surface area contributed by atoms with E-state index in [2.05, 4.69) is 20.7 Å². The minimum Gasteiger partial charge on any atom is -0.211 e. The minimum atomic E-state index is -3.39. The standard InChI is InChI=1S/C9H11BrClNO2S/c1-7(12-15(13,14)6-11)8-4-2-3-5-9(8)10/h2-5,7,12H,6H2,1H3/t7-/m0/s1. The van der Waals surface area contributed by atoms with E-state index < -0.39 is 15.2 Å². The number of halogens is 2. The summed E-state index contributed by atoms with van der Waals surface area (Å²) in [4.78, 5) is 0. The SMILES string of the molecule is C[C@H](NS(=O)(=O)CCl)c1ccccc1Br. The fourth-order valence-corrected chi connectivity index (χ4v) is 2.74. The lowest BCUT2D eigenvalue weighted by atomic mass is 10.1. The summed E-state index contributed by atoms with van der Waals surface area (Å²) in [6.07, 6.45) is 0. The molecule has 0 fully saturated rings. The molecule has 15 heavy (non-hydrogen) atoms. The second kappa shape index (κ2) is 5.30. The van der Waals surface area contributed by atoms with E-state index in [1.807, 2.05) is 24.3 Å². The molecule has 0 aliphatic rings. The largest absolute Gasteiger partial charge is 0.226 e.